The molecule has 0 spiro atoms. The van der Waals surface area contributed by atoms with Gasteiger partial charge in [0.2, 0.25) is 5.88 Å². The molecule has 0 saturated carbocycles. The summed E-state index contributed by atoms with van der Waals surface area (Å²) in [5.41, 5.74) is 8.16. The van der Waals surface area contributed by atoms with Crippen molar-refractivity contribution in [2.45, 2.75) is 19.8 Å². The van der Waals surface area contributed by atoms with E-state index in [1.807, 2.05) is 0 Å². The van der Waals surface area contributed by atoms with Gasteiger partial charge in [0, 0.05) is 0 Å². The number of hydrogen-bond acceptors (Lipinski definition) is 3. The van der Waals surface area contributed by atoms with Crippen LogP contribution in [0.3, 0.4) is 0 Å². The van der Waals surface area contributed by atoms with Crippen LogP contribution in [0.25, 0.3) is 11.1 Å². The monoisotopic (exact) mass is 220 g/mol. The molecule has 1 aromatic heterocycles. The summed E-state index contributed by atoms with van der Waals surface area (Å²) in [5, 5.41) is 3.91. The van der Waals surface area contributed by atoms with Gasteiger partial charge in [0.1, 0.15) is 5.82 Å². The second-order valence-electron chi connectivity index (χ2n) is 3.63. The van der Waals surface area contributed by atoms with E-state index in [1.54, 1.807) is 12.1 Å². The molecule has 0 aliphatic heterocycles. The van der Waals surface area contributed by atoms with E-state index in [0.29, 0.717) is 0 Å². The Morgan fingerprint density at radius 3 is 2.62 bits per heavy atom. The fourth-order valence-electron chi connectivity index (χ4n) is 1.67. The zero-order chi connectivity index (χ0) is 11.5. The lowest BCUT2D eigenvalue weighted by Gasteiger charge is -2.01. The molecular weight excluding hydrogens is 207 g/mol. The van der Waals surface area contributed by atoms with Crippen molar-refractivity contribution in [2.75, 3.05) is 5.73 Å². The second kappa shape index (κ2) is 4.35. The van der Waals surface area contributed by atoms with Gasteiger partial charge in [-0.25, -0.2) is 4.39 Å². The van der Waals surface area contributed by atoms with Crippen molar-refractivity contribution in [3.05, 3.63) is 35.8 Å². The first kappa shape index (κ1) is 10.7. The van der Waals surface area contributed by atoms with Crippen molar-refractivity contribution in [3.63, 3.8) is 0 Å². The van der Waals surface area contributed by atoms with Crippen LogP contribution >= 0.6 is 0 Å². The Hall–Kier alpha value is -1.84. The number of hydrogen-bond donors (Lipinski definition) is 1. The van der Waals surface area contributed by atoms with E-state index in [4.69, 9.17) is 10.3 Å². The van der Waals surface area contributed by atoms with Gasteiger partial charge in [-0.05, 0) is 24.1 Å². The molecule has 84 valence electrons. The van der Waals surface area contributed by atoms with Crippen molar-refractivity contribution >= 4 is 5.88 Å². The van der Waals surface area contributed by atoms with Crippen molar-refractivity contribution in [2.24, 2.45) is 0 Å². The molecule has 0 unspecified atom stereocenters. The number of anilines is 1. The minimum absolute atomic E-state index is 0.268. The highest BCUT2D eigenvalue weighted by Gasteiger charge is 2.14. The molecule has 0 amide bonds. The fraction of sp³-hybridized carbons (Fsp3) is 0.250. The molecule has 16 heavy (non-hydrogen) atoms. The van der Waals surface area contributed by atoms with Crippen LogP contribution in [0.5, 0.6) is 0 Å². The van der Waals surface area contributed by atoms with Crippen molar-refractivity contribution < 1.29 is 8.91 Å². The maximum Gasteiger partial charge on any atom is 0.230 e. The van der Waals surface area contributed by atoms with Gasteiger partial charge < -0.3 is 10.3 Å². The third-order valence-electron chi connectivity index (χ3n) is 2.41. The Bertz CT molecular complexity index is 476. The maximum absolute atomic E-state index is 12.8. The summed E-state index contributed by atoms with van der Waals surface area (Å²) in [5.74, 6) is 0.0193. The Kier molecular flexibility index (Phi) is 2.90. The van der Waals surface area contributed by atoms with Crippen molar-refractivity contribution in [1.29, 1.82) is 0 Å². The zero-order valence-electron chi connectivity index (χ0n) is 9.03. The number of nitrogen functional groups attached to an aromatic ring is 1. The van der Waals surface area contributed by atoms with Crippen molar-refractivity contribution in [3.8, 4) is 11.1 Å². The Morgan fingerprint density at radius 1 is 1.31 bits per heavy atom. The Balaban J connectivity index is 2.45. The molecule has 2 N–H and O–H groups in total. The molecule has 0 fully saturated rings. The van der Waals surface area contributed by atoms with Crippen LogP contribution in [-0.2, 0) is 6.42 Å². The summed E-state index contributed by atoms with van der Waals surface area (Å²) >= 11 is 0. The molecule has 1 aromatic carbocycles. The predicted octanol–water partition coefficient (Wildman–Crippen LogP) is 3.02. The van der Waals surface area contributed by atoms with Crippen molar-refractivity contribution in [1.82, 2.24) is 5.16 Å². The maximum atomic E-state index is 12.8. The average molecular weight is 220 g/mol. The first-order chi connectivity index (χ1) is 7.72. The summed E-state index contributed by atoms with van der Waals surface area (Å²) in [4.78, 5) is 0. The van der Waals surface area contributed by atoms with E-state index >= 15 is 0 Å². The minimum atomic E-state index is -0.268. The quantitative estimate of drug-likeness (QED) is 0.865. The molecular formula is C12H13FN2O. The van der Waals surface area contributed by atoms with E-state index in [0.717, 1.165) is 29.7 Å². The fourth-order valence-corrected chi connectivity index (χ4v) is 1.67. The number of rotatable bonds is 3. The number of aryl methyl sites for hydroxylation is 1. The topological polar surface area (TPSA) is 52.0 Å². The van der Waals surface area contributed by atoms with Crippen LogP contribution in [0, 0.1) is 5.82 Å². The third-order valence-corrected chi connectivity index (χ3v) is 2.41. The van der Waals surface area contributed by atoms with E-state index < -0.39 is 0 Å². The van der Waals surface area contributed by atoms with Crippen LogP contribution in [0.1, 0.15) is 19.0 Å². The molecule has 0 saturated heterocycles. The molecule has 2 rings (SSSR count). The van der Waals surface area contributed by atoms with Gasteiger partial charge in [-0.3, -0.25) is 0 Å². The summed E-state index contributed by atoms with van der Waals surface area (Å²) in [6.45, 7) is 2.05. The number of aromatic nitrogens is 1. The van der Waals surface area contributed by atoms with Gasteiger partial charge in [-0.2, -0.15) is 0 Å². The second-order valence-corrected chi connectivity index (χ2v) is 3.63. The summed E-state index contributed by atoms with van der Waals surface area (Å²) < 4.78 is 17.8. The van der Waals surface area contributed by atoms with Gasteiger partial charge >= 0.3 is 0 Å². The summed E-state index contributed by atoms with van der Waals surface area (Å²) in [6.07, 6.45) is 1.76. The predicted molar refractivity (Wildman–Crippen MR) is 60.3 cm³/mol. The molecule has 3 nitrogen and oxygen atoms in total. The molecule has 2 aromatic rings. The van der Waals surface area contributed by atoms with Gasteiger partial charge in [0.15, 0.2) is 0 Å². The Morgan fingerprint density at radius 2 is 2.00 bits per heavy atom. The molecule has 0 radical (unpaired) electrons. The lowest BCUT2D eigenvalue weighted by Crippen LogP contribution is -1.90. The first-order valence-electron chi connectivity index (χ1n) is 5.22. The van der Waals surface area contributed by atoms with Crippen LogP contribution in [0.15, 0.2) is 28.8 Å². The lowest BCUT2D eigenvalue weighted by atomic mass is 10.0. The molecule has 0 atom stereocenters. The van der Waals surface area contributed by atoms with Crippen LogP contribution < -0.4 is 5.73 Å². The summed E-state index contributed by atoms with van der Waals surface area (Å²) in [6, 6.07) is 6.16. The highest BCUT2D eigenvalue weighted by atomic mass is 19.1. The highest BCUT2D eigenvalue weighted by molar-refractivity contribution is 5.74. The SMILES string of the molecule is CCCc1noc(N)c1-c1ccc(F)cc1. The van der Waals surface area contributed by atoms with Gasteiger partial charge in [0.25, 0.3) is 0 Å². The zero-order valence-corrected chi connectivity index (χ0v) is 9.03. The first-order valence-corrected chi connectivity index (χ1v) is 5.22. The third kappa shape index (κ3) is 1.91. The normalized spacial score (nSPS) is 10.6. The number of halogens is 1. The number of nitrogens with zero attached hydrogens (tertiary/aromatic N) is 1. The van der Waals surface area contributed by atoms with E-state index in [1.165, 1.54) is 12.1 Å². The molecule has 1 heterocycles. The molecule has 0 aliphatic rings. The number of nitrogens with two attached hydrogens (primary N) is 1. The van der Waals surface area contributed by atoms with Crippen LogP contribution in [0.2, 0.25) is 0 Å². The molecule has 4 heteroatoms. The molecule has 0 aliphatic carbocycles. The van der Waals surface area contributed by atoms with Gasteiger partial charge in [-0.15, -0.1) is 0 Å². The van der Waals surface area contributed by atoms with E-state index in [2.05, 4.69) is 12.1 Å². The summed E-state index contributed by atoms with van der Waals surface area (Å²) in [7, 11) is 0. The van der Waals surface area contributed by atoms with Gasteiger partial charge in [-0.1, -0.05) is 30.6 Å². The van der Waals surface area contributed by atoms with E-state index in [9.17, 15) is 4.39 Å². The lowest BCUT2D eigenvalue weighted by molar-refractivity contribution is 0.427. The minimum Gasteiger partial charge on any atom is -0.367 e. The molecule has 0 bridgehead atoms. The van der Waals surface area contributed by atoms with E-state index in [-0.39, 0.29) is 11.7 Å². The standard InChI is InChI=1S/C12H13FN2O/c1-2-3-10-11(12(14)16-15-10)8-4-6-9(13)7-5-8/h4-7H,2-3,14H2,1H3. The van der Waals surface area contributed by atoms with Gasteiger partial charge in [0.05, 0.1) is 11.3 Å². The highest BCUT2D eigenvalue weighted by Crippen LogP contribution is 2.30. The smallest absolute Gasteiger partial charge is 0.230 e. The van der Waals surface area contributed by atoms with Crippen LogP contribution in [0.4, 0.5) is 10.3 Å². The Labute approximate surface area is 93.1 Å². The van der Waals surface area contributed by atoms with Crippen LogP contribution in [-0.4, -0.2) is 5.16 Å². The number of benzene rings is 1. The largest absolute Gasteiger partial charge is 0.367 e. The average Bonchev–Trinajstić information content (AvgIpc) is 2.62.